The Labute approximate surface area is 180 Å². The van der Waals surface area contributed by atoms with Crippen molar-refractivity contribution in [3.05, 3.63) is 27.8 Å². The van der Waals surface area contributed by atoms with Crippen LogP contribution in [0.15, 0.2) is 0 Å². The number of imidazole rings is 1. The van der Waals surface area contributed by atoms with Crippen molar-refractivity contribution in [2.24, 2.45) is 0 Å². The normalized spacial score (nSPS) is 19.0. The summed E-state index contributed by atoms with van der Waals surface area (Å²) in [6.45, 7) is 9.09. The van der Waals surface area contributed by atoms with Crippen molar-refractivity contribution in [2.75, 3.05) is 31.7 Å². The fourth-order valence-corrected chi connectivity index (χ4v) is 4.58. The van der Waals surface area contributed by atoms with E-state index in [0.29, 0.717) is 42.5 Å². The Morgan fingerprint density at radius 1 is 1.27 bits per heavy atom. The zero-order valence-corrected chi connectivity index (χ0v) is 18.9. The van der Waals surface area contributed by atoms with Crippen LogP contribution in [0.3, 0.4) is 0 Å². The highest BCUT2D eigenvalue weighted by Gasteiger charge is 2.33. The molecule has 0 saturated carbocycles. The van der Waals surface area contributed by atoms with E-state index >= 15 is 0 Å². The highest BCUT2D eigenvalue weighted by atomic mass is 32.1. The largest absolute Gasteiger partial charge is 0.462 e. The summed E-state index contributed by atoms with van der Waals surface area (Å²) in [5.41, 5.74) is 2.48. The van der Waals surface area contributed by atoms with Crippen LogP contribution in [0.5, 0.6) is 0 Å². The first-order chi connectivity index (χ1) is 14.4. The highest BCUT2D eigenvalue weighted by molar-refractivity contribution is 7.17. The van der Waals surface area contributed by atoms with Gasteiger partial charge in [0.05, 0.1) is 30.1 Å². The van der Waals surface area contributed by atoms with E-state index in [1.54, 1.807) is 14.0 Å². The van der Waals surface area contributed by atoms with E-state index in [4.69, 9.17) is 9.47 Å². The summed E-state index contributed by atoms with van der Waals surface area (Å²) >= 11 is 1.33. The number of methoxy groups -OCH3 is 1. The van der Waals surface area contributed by atoms with Crippen molar-refractivity contribution >= 4 is 28.3 Å². The molecule has 1 amide bonds. The molecule has 3 heterocycles. The van der Waals surface area contributed by atoms with Gasteiger partial charge in [-0.05, 0) is 33.6 Å². The molecule has 164 valence electrons. The third-order valence-electron chi connectivity index (χ3n) is 5.25. The maximum atomic E-state index is 12.7. The highest BCUT2D eigenvalue weighted by Crippen LogP contribution is 2.29. The molecule has 2 aromatic heterocycles. The van der Waals surface area contributed by atoms with Gasteiger partial charge in [0, 0.05) is 25.9 Å². The number of nitrogens with zero attached hydrogens (tertiary/aromatic N) is 3. The first-order valence-corrected chi connectivity index (χ1v) is 11.0. The molecule has 2 atom stereocenters. The summed E-state index contributed by atoms with van der Waals surface area (Å²) in [5, 5.41) is 3.81. The van der Waals surface area contributed by atoms with Crippen molar-refractivity contribution < 1.29 is 19.1 Å². The van der Waals surface area contributed by atoms with Gasteiger partial charge in [-0.2, -0.15) is 0 Å². The summed E-state index contributed by atoms with van der Waals surface area (Å²) in [5.74, 6) is -0.242. The van der Waals surface area contributed by atoms with Crippen LogP contribution in [0.2, 0.25) is 0 Å². The summed E-state index contributed by atoms with van der Waals surface area (Å²) in [4.78, 5) is 39.3. The molecular formula is C20H29N5O4S. The van der Waals surface area contributed by atoms with Gasteiger partial charge in [-0.1, -0.05) is 18.3 Å². The number of carbonyl (C=O) groups excluding carboxylic acids is 2. The van der Waals surface area contributed by atoms with E-state index in [9.17, 15) is 9.59 Å². The maximum Gasteiger partial charge on any atom is 0.350 e. The lowest BCUT2D eigenvalue weighted by atomic mass is 10.0. The number of amides is 1. The summed E-state index contributed by atoms with van der Waals surface area (Å²) < 4.78 is 10.8. The molecule has 3 rings (SSSR count). The molecular weight excluding hydrogens is 406 g/mol. The molecule has 0 bridgehead atoms. The number of hydrogen-bond donors (Lipinski definition) is 2. The van der Waals surface area contributed by atoms with Crippen molar-refractivity contribution in [1.82, 2.24) is 20.3 Å². The molecule has 2 aromatic rings. The van der Waals surface area contributed by atoms with Gasteiger partial charge in [0.15, 0.2) is 11.0 Å². The van der Waals surface area contributed by atoms with Crippen molar-refractivity contribution in [1.29, 1.82) is 0 Å². The fraction of sp³-hybridized carbons (Fsp3) is 0.600. The predicted octanol–water partition coefficient (Wildman–Crippen LogP) is 2.25. The molecule has 1 aliphatic rings. The van der Waals surface area contributed by atoms with Crippen LogP contribution in [0.25, 0.3) is 0 Å². The molecule has 1 saturated heterocycles. The molecule has 0 aromatic carbocycles. The van der Waals surface area contributed by atoms with Gasteiger partial charge >= 0.3 is 5.97 Å². The second kappa shape index (κ2) is 9.57. The minimum atomic E-state index is -0.343. The molecule has 0 aliphatic carbocycles. The maximum absolute atomic E-state index is 12.7. The van der Waals surface area contributed by atoms with Crippen molar-refractivity contribution in [3.63, 3.8) is 0 Å². The zero-order chi connectivity index (χ0) is 21.8. The van der Waals surface area contributed by atoms with Crippen LogP contribution in [-0.2, 0) is 15.9 Å². The first-order valence-electron chi connectivity index (χ1n) is 10.2. The van der Waals surface area contributed by atoms with Crippen LogP contribution in [0.4, 0.5) is 5.13 Å². The summed E-state index contributed by atoms with van der Waals surface area (Å²) in [6.07, 6.45) is 1.28. The Morgan fingerprint density at radius 2 is 2.03 bits per heavy atom. The van der Waals surface area contributed by atoms with Gasteiger partial charge in [0.25, 0.3) is 5.91 Å². The number of aromatic nitrogens is 3. The Morgan fingerprint density at radius 3 is 2.67 bits per heavy atom. The lowest BCUT2D eigenvalue weighted by molar-refractivity contribution is 0.0530. The Hall–Kier alpha value is -2.46. The number of aromatic amines is 1. The van der Waals surface area contributed by atoms with Crippen LogP contribution in [0.1, 0.15) is 57.6 Å². The topological polar surface area (TPSA) is 109 Å². The Bertz CT molecular complexity index is 909. The molecule has 1 fully saturated rings. The fourth-order valence-electron chi connectivity index (χ4n) is 3.58. The van der Waals surface area contributed by atoms with Crippen LogP contribution < -0.4 is 10.2 Å². The standard InChI is InChI=1S/C20H29N5O4S/c1-6-13-11(3)21-17(23-13)18(26)24-14-8-9-25(10-15(14)28-5)20-22-12(4)16(30-20)19(27)29-7-2/h14-15H,6-10H2,1-5H3,(H,21,23)(H,24,26). The number of thiazole rings is 1. The van der Waals surface area contributed by atoms with E-state index < -0.39 is 0 Å². The second-order valence-corrected chi connectivity index (χ2v) is 8.20. The number of H-pyrrole nitrogens is 1. The van der Waals surface area contributed by atoms with Crippen molar-refractivity contribution in [3.8, 4) is 0 Å². The third kappa shape index (κ3) is 4.65. The Balaban J connectivity index is 1.67. The lowest BCUT2D eigenvalue weighted by Gasteiger charge is -2.37. The number of rotatable bonds is 7. The number of nitrogens with one attached hydrogen (secondary N) is 2. The van der Waals surface area contributed by atoms with Gasteiger partial charge in [-0.3, -0.25) is 4.79 Å². The van der Waals surface area contributed by atoms with Gasteiger partial charge in [0.2, 0.25) is 0 Å². The monoisotopic (exact) mass is 435 g/mol. The molecule has 2 unspecified atom stereocenters. The van der Waals surface area contributed by atoms with Crippen LogP contribution in [0, 0.1) is 13.8 Å². The van der Waals surface area contributed by atoms with E-state index in [-0.39, 0.29) is 24.0 Å². The van der Waals surface area contributed by atoms with E-state index in [1.807, 2.05) is 20.8 Å². The lowest BCUT2D eigenvalue weighted by Crippen LogP contribution is -2.55. The molecule has 0 spiro atoms. The second-order valence-electron chi connectivity index (χ2n) is 7.22. The van der Waals surface area contributed by atoms with E-state index in [0.717, 1.165) is 22.9 Å². The molecule has 2 N–H and O–H groups in total. The number of esters is 1. The van der Waals surface area contributed by atoms with Gasteiger partial charge in [-0.25, -0.2) is 14.8 Å². The molecule has 0 radical (unpaired) electrons. The Kier molecular flexibility index (Phi) is 7.09. The zero-order valence-electron chi connectivity index (χ0n) is 18.1. The molecule has 9 nitrogen and oxygen atoms in total. The predicted molar refractivity (Wildman–Crippen MR) is 114 cm³/mol. The summed E-state index contributed by atoms with van der Waals surface area (Å²) in [7, 11) is 1.64. The van der Waals surface area contributed by atoms with Crippen LogP contribution >= 0.6 is 11.3 Å². The number of piperidine rings is 1. The average Bonchev–Trinajstić information content (AvgIpc) is 3.31. The van der Waals surface area contributed by atoms with E-state index in [1.165, 1.54) is 11.3 Å². The molecule has 1 aliphatic heterocycles. The number of anilines is 1. The van der Waals surface area contributed by atoms with Crippen molar-refractivity contribution in [2.45, 2.75) is 52.7 Å². The smallest absolute Gasteiger partial charge is 0.350 e. The van der Waals surface area contributed by atoms with Gasteiger partial charge in [-0.15, -0.1) is 0 Å². The first kappa shape index (κ1) is 22.2. The quantitative estimate of drug-likeness (QED) is 0.642. The number of carbonyl (C=O) groups is 2. The number of aryl methyl sites for hydroxylation is 3. The molecule has 30 heavy (non-hydrogen) atoms. The summed E-state index contributed by atoms with van der Waals surface area (Å²) in [6, 6.07) is -0.139. The number of ether oxygens (including phenoxy) is 2. The SMILES string of the molecule is CCOC(=O)c1sc(N2CCC(NC(=O)c3nc(C)c(CC)[nH]3)C(OC)C2)nc1C. The van der Waals surface area contributed by atoms with Gasteiger partial charge < -0.3 is 24.7 Å². The number of hydrogen-bond acceptors (Lipinski definition) is 8. The minimum Gasteiger partial charge on any atom is -0.462 e. The van der Waals surface area contributed by atoms with E-state index in [2.05, 4.69) is 25.2 Å². The average molecular weight is 436 g/mol. The van der Waals surface area contributed by atoms with Gasteiger partial charge in [0.1, 0.15) is 4.88 Å². The molecule has 10 heteroatoms. The van der Waals surface area contributed by atoms with Crippen LogP contribution in [-0.4, -0.2) is 65.8 Å². The minimum absolute atomic E-state index is 0.139. The third-order valence-corrected chi connectivity index (χ3v) is 6.45.